The number of piperazine rings is 1. The van der Waals surface area contributed by atoms with Crippen LogP contribution in [0, 0.1) is 0 Å². The first-order valence-corrected chi connectivity index (χ1v) is 11.0. The molecule has 1 saturated heterocycles. The number of nitrogens with zero attached hydrogens (tertiary/aromatic N) is 5. The molecule has 3 aromatic rings. The van der Waals surface area contributed by atoms with Gasteiger partial charge in [-0.25, -0.2) is 9.67 Å². The lowest BCUT2D eigenvalue weighted by atomic mass is 10.2. The summed E-state index contributed by atoms with van der Waals surface area (Å²) in [6.07, 6.45) is 5.48. The van der Waals surface area contributed by atoms with Gasteiger partial charge in [0.1, 0.15) is 24.2 Å². The number of benzene rings is 2. The number of methoxy groups -OCH3 is 1. The van der Waals surface area contributed by atoms with Crippen molar-refractivity contribution < 1.29 is 9.47 Å². The molecule has 0 amide bonds. The Morgan fingerprint density at radius 2 is 1.84 bits per heavy atom. The number of rotatable bonds is 10. The van der Waals surface area contributed by atoms with Gasteiger partial charge in [0.25, 0.3) is 0 Å². The van der Waals surface area contributed by atoms with Gasteiger partial charge in [0, 0.05) is 26.2 Å². The second-order valence-electron chi connectivity index (χ2n) is 7.80. The molecule has 0 saturated carbocycles. The van der Waals surface area contributed by atoms with Gasteiger partial charge < -0.3 is 14.4 Å². The lowest BCUT2D eigenvalue weighted by Crippen LogP contribution is -2.46. The van der Waals surface area contributed by atoms with Crippen molar-refractivity contribution in [1.29, 1.82) is 0 Å². The van der Waals surface area contributed by atoms with Gasteiger partial charge in [-0.05, 0) is 49.2 Å². The standard InChI is InChI=1S/C24H31N5O2/c1-30-24-10-3-2-9-23(24)28-14-12-27(13-15-28)11-4-5-16-31-22-8-6-7-21(17-22)18-29-20-25-19-26-29/h2-3,6-10,17,19-20H,4-5,11-16,18H2,1H3. The quantitative estimate of drug-likeness (QED) is 0.468. The first-order valence-electron chi connectivity index (χ1n) is 11.0. The number of aromatic nitrogens is 3. The molecule has 2 heterocycles. The summed E-state index contributed by atoms with van der Waals surface area (Å²) in [5.41, 5.74) is 2.36. The van der Waals surface area contributed by atoms with Gasteiger partial charge >= 0.3 is 0 Å². The molecule has 1 aromatic heterocycles. The Labute approximate surface area is 184 Å². The van der Waals surface area contributed by atoms with E-state index in [1.54, 1.807) is 19.8 Å². The molecular formula is C24H31N5O2. The van der Waals surface area contributed by atoms with Crippen molar-refractivity contribution in [1.82, 2.24) is 19.7 Å². The van der Waals surface area contributed by atoms with Gasteiger partial charge in [0.2, 0.25) is 0 Å². The number of hydrogen-bond acceptors (Lipinski definition) is 6. The Morgan fingerprint density at radius 1 is 0.968 bits per heavy atom. The first-order chi connectivity index (χ1) is 15.3. The normalized spacial score (nSPS) is 14.5. The predicted molar refractivity (Wildman–Crippen MR) is 122 cm³/mol. The Hall–Kier alpha value is -3.06. The summed E-state index contributed by atoms with van der Waals surface area (Å²) in [7, 11) is 1.74. The first kappa shape index (κ1) is 21.2. The molecule has 31 heavy (non-hydrogen) atoms. The Balaban J connectivity index is 1.14. The van der Waals surface area contributed by atoms with Gasteiger partial charge in [-0.3, -0.25) is 4.90 Å². The molecule has 0 radical (unpaired) electrons. The highest BCUT2D eigenvalue weighted by Gasteiger charge is 2.19. The lowest BCUT2D eigenvalue weighted by molar-refractivity contribution is 0.238. The molecule has 0 aliphatic carbocycles. The van der Waals surface area contributed by atoms with Crippen LogP contribution in [0.2, 0.25) is 0 Å². The molecule has 1 aliphatic heterocycles. The number of hydrogen-bond donors (Lipinski definition) is 0. The molecule has 2 aromatic carbocycles. The summed E-state index contributed by atoms with van der Waals surface area (Å²) < 4.78 is 13.3. The van der Waals surface area contributed by atoms with Gasteiger partial charge in [0.15, 0.2) is 0 Å². The number of ether oxygens (including phenoxy) is 2. The highest BCUT2D eigenvalue weighted by molar-refractivity contribution is 5.58. The number of anilines is 1. The molecule has 4 rings (SSSR count). The maximum atomic E-state index is 5.97. The fourth-order valence-electron chi connectivity index (χ4n) is 3.97. The van der Waals surface area contributed by atoms with Gasteiger partial charge in [0.05, 0.1) is 25.9 Å². The average Bonchev–Trinajstić information content (AvgIpc) is 3.32. The van der Waals surface area contributed by atoms with Crippen molar-refractivity contribution >= 4 is 5.69 Å². The van der Waals surface area contributed by atoms with Crippen LogP contribution in [-0.2, 0) is 6.54 Å². The molecule has 0 atom stereocenters. The minimum absolute atomic E-state index is 0.706. The fourth-order valence-corrected chi connectivity index (χ4v) is 3.97. The Kier molecular flexibility index (Phi) is 7.39. The van der Waals surface area contributed by atoms with E-state index in [1.165, 1.54) is 5.69 Å². The molecule has 0 N–H and O–H groups in total. The van der Waals surface area contributed by atoms with E-state index in [-0.39, 0.29) is 0 Å². The van der Waals surface area contributed by atoms with Crippen molar-refractivity contribution in [3.05, 3.63) is 66.7 Å². The van der Waals surface area contributed by atoms with Gasteiger partial charge in [-0.1, -0.05) is 24.3 Å². The topological polar surface area (TPSA) is 55.7 Å². The molecule has 7 heteroatoms. The van der Waals surface area contributed by atoms with Crippen LogP contribution in [0.5, 0.6) is 11.5 Å². The molecule has 0 spiro atoms. The maximum Gasteiger partial charge on any atom is 0.142 e. The molecule has 1 aliphatic rings. The van der Waals surface area contributed by atoms with E-state index in [0.29, 0.717) is 6.54 Å². The van der Waals surface area contributed by atoms with Crippen molar-refractivity contribution in [2.24, 2.45) is 0 Å². The summed E-state index contributed by atoms with van der Waals surface area (Å²) >= 11 is 0. The van der Waals surface area contributed by atoms with Crippen molar-refractivity contribution in [3.8, 4) is 11.5 Å². The summed E-state index contributed by atoms with van der Waals surface area (Å²) in [5, 5.41) is 4.15. The van der Waals surface area contributed by atoms with E-state index in [0.717, 1.165) is 69.2 Å². The maximum absolute atomic E-state index is 5.97. The van der Waals surface area contributed by atoms with Crippen LogP contribution >= 0.6 is 0 Å². The van der Waals surface area contributed by atoms with Crippen molar-refractivity contribution in [3.63, 3.8) is 0 Å². The Morgan fingerprint density at radius 3 is 2.65 bits per heavy atom. The second-order valence-corrected chi connectivity index (χ2v) is 7.80. The molecule has 0 bridgehead atoms. The molecule has 0 unspecified atom stereocenters. The van der Waals surface area contributed by atoms with E-state index < -0.39 is 0 Å². The van der Waals surface area contributed by atoms with E-state index in [9.17, 15) is 0 Å². The van der Waals surface area contributed by atoms with Crippen LogP contribution in [0.1, 0.15) is 18.4 Å². The van der Waals surface area contributed by atoms with E-state index in [2.05, 4.69) is 44.1 Å². The smallest absolute Gasteiger partial charge is 0.142 e. The van der Waals surface area contributed by atoms with E-state index >= 15 is 0 Å². The van der Waals surface area contributed by atoms with Gasteiger partial charge in [-0.15, -0.1) is 0 Å². The minimum atomic E-state index is 0.706. The lowest BCUT2D eigenvalue weighted by Gasteiger charge is -2.36. The van der Waals surface area contributed by atoms with Crippen LogP contribution in [0.25, 0.3) is 0 Å². The van der Waals surface area contributed by atoms with Gasteiger partial charge in [-0.2, -0.15) is 5.10 Å². The molecule has 7 nitrogen and oxygen atoms in total. The number of unbranched alkanes of at least 4 members (excludes halogenated alkanes) is 1. The molecule has 164 valence electrons. The SMILES string of the molecule is COc1ccccc1N1CCN(CCCCOc2cccc(Cn3cncn3)c2)CC1. The fraction of sp³-hybridized carbons (Fsp3) is 0.417. The van der Waals surface area contributed by atoms with E-state index in [1.807, 2.05) is 28.9 Å². The third-order valence-electron chi connectivity index (χ3n) is 5.65. The Bertz CT molecular complexity index is 923. The molecule has 1 fully saturated rings. The minimum Gasteiger partial charge on any atom is -0.495 e. The zero-order valence-electron chi connectivity index (χ0n) is 18.2. The monoisotopic (exact) mass is 421 g/mol. The number of para-hydroxylation sites is 2. The summed E-state index contributed by atoms with van der Waals surface area (Å²) in [5.74, 6) is 1.88. The summed E-state index contributed by atoms with van der Waals surface area (Å²) in [4.78, 5) is 8.95. The van der Waals surface area contributed by atoms with E-state index in [4.69, 9.17) is 9.47 Å². The predicted octanol–water partition coefficient (Wildman–Crippen LogP) is 3.32. The molecular weight excluding hydrogens is 390 g/mol. The van der Waals surface area contributed by atoms with Crippen LogP contribution in [-0.4, -0.2) is 66.1 Å². The van der Waals surface area contributed by atoms with Crippen LogP contribution in [0.4, 0.5) is 5.69 Å². The highest BCUT2D eigenvalue weighted by Crippen LogP contribution is 2.28. The third-order valence-corrected chi connectivity index (χ3v) is 5.65. The second kappa shape index (κ2) is 10.8. The van der Waals surface area contributed by atoms with Crippen molar-refractivity contribution in [2.45, 2.75) is 19.4 Å². The zero-order chi connectivity index (χ0) is 21.3. The van der Waals surface area contributed by atoms with Crippen molar-refractivity contribution in [2.75, 3.05) is 51.3 Å². The summed E-state index contributed by atoms with van der Waals surface area (Å²) in [6, 6.07) is 16.5. The van der Waals surface area contributed by atoms with Crippen LogP contribution < -0.4 is 14.4 Å². The highest BCUT2D eigenvalue weighted by atomic mass is 16.5. The van der Waals surface area contributed by atoms with Crippen LogP contribution in [0.15, 0.2) is 61.2 Å². The largest absolute Gasteiger partial charge is 0.495 e. The van der Waals surface area contributed by atoms with Crippen LogP contribution in [0.3, 0.4) is 0 Å². The third kappa shape index (κ3) is 5.98. The summed E-state index contributed by atoms with van der Waals surface area (Å²) in [6.45, 7) is 6.82. The average molecular weight is 422 g/mol. The zero-order valence-corrected chi connectivity index (χ0v) is 18.2.